The normalized spacial score (nSPS) is 24.8. The number of nitrogens with one attached hydrogen (secondary N) is 1. The van der Waals surface area contributed by atoms with Crippen LogP contribution in [-0.4, -0.2) is 260 Å². The van der Waals surface area contributed by atoms with Crippen molar-refractivity contribution in [2.24, 2.45) is 11.5 Å². The summed E-state index contributed by atoms with van der Waals surface area (Å²) in [4.78, 5) is 145. The first kappa shape index (κ1) is 86.9. The van der Waals surface area contributed by atoms with Gasteiger partial charge in [0.05, 0.1) is 50.7 Å². The van der Waals surface area contributed by atoms with Crippen LogP contribution < -0.4 is 16.8 Å². The molecule has 8 fully saturated rings. The Morgan fingerprint density at radius 1 is 0.510 bits per heavy atom. The fourth-order valence-corrected chi connectivity index (χ4v) is 14.2. The Morgan fingerprint density at radius 2 is 0.843 bits per heavy atom. The number of rotatable bonds is 17. The molecule has 8 heterocycles. The summed E-state index contributed by atoms with van der Waals surface area (Å²) in [6.07, 6.45) is -0.0629. The molecule has 9 amide bonds. The molecule has 0 aromatic heterocycles. The Labute approximate surface area is 613 Å². The van der Waals surface area contributed by atoms with Gasteiger partial charge in [0, 0.05) is 46.6 Å². The number of aliphatic carboxylic acids is 1. The van der Waals surface area contributed by atoms with Crippen LogP contribution in [0.15, 0.2) is 60.7 Å². The van der Waals surface area contributed by atoms with E-state index < -0.39 is 135 Å². The van der Waals surface area contributed by atoms with Crippen LogP contribution in [0, 0.1) is 7.43 Å². The van der Waals surface area contributed by atoms with Crippen molar-refractivity contribution in [3.8, 4) is 0 Å². The molecule has 10 rings (SSSR count). The molecule has 12 atom stereocenters. The molecule has 4 spiro atoms. The van der Waals surface area contributed by atoms with E-state index in [1.54, 1.807) is 69.2 Å². The average Bonchev–Trinajstić information content (AvgIpc) is 1.65. The molecule has 574 valence electrons. The SMILES string of the molecule is C.C[C@@H](O)[C@@H](C(=O)O)N1CC2(CCCN2C(=O)OC(C)(C)C)C1=O.C[C@@H](O)[C@@H](C(N)=O)N1CC2(CCCN2)C1=O.C[C@@H](O)[C@@H](C(N)=O)N1CC2(CCCN2C(=O)OC(C)(C)C)C1=O.C[C@@H](OCc1ccccc1)[C@@H](C(=O)OCc1ccccc1)N1CC2(CCCN2C(=O)OC(C)(C)C)C1=O.[CH3-].[H+].[Pd]. The molecule has 8 aliphatic rings. The summed E-state index contributed by atoms with van der Waals surface area (Å²) in [6, 6.07) is 14.8. The molecule has 4 unspecified atom stereocenters. The van der Waals surface area contributed by atoms with Crippen molar-refractivity contribution in [1.29, 1.82) is 0 Å². The van der Waals surface area contributed by atoms with Gasteiger partial charge in [-0.1, -0.05) is 68.1 Å². The summed E-state index contributed by atoms with van der Waals surface area (Å²) in [7, 11) is 0. The molecular formula is C71H110N10O20Pd. The van der Waals surface area contributed by atoms with Crippen LogP contribution in [0.25, 0.3) is 0 Å². The van der Waals surface area contributed by atoms with Gasteiger partial charge in [-0.05, 0) is 159 Å². The number of carbonyl (C=O) groups is 11. The summed E-state index contributed by atoms with van der Waals surface area (Å²) < 4.78 is 28.0. The van der Waals surface area contributed by atoms with E-state index in [-0.39, 0.29) is 80.7 Å². The first-order valence-electron chi connectivity index (χ1n) is 33.8. The van der Waals surface area contributed by atoms with Gasteiger partial charge >= 0.3 is 31.6 Å². The molecule has 0 bridgehead atoms. The number of carboxylic acid groups (broad SMARTS) is 1. The Balaban J connectivity index is 0.000000368. The number of esters is 1. The number of carboxylic acids is 1. The van der Waals surface area contributed by atoms with Gasteiger partial charge in [-0.3, -0.25) is 43.5 Å². The largest absolute Gasteiger partial charge is 1.00 e. The maximum atomic E-state index is 13.7. The fourth-order valence-electron chi connectivity index (χ4n) is 14.2. The zero-order chi connectivity index (χ0) is 73.7. The first-order valence-corrected chi connectivity index (χ1v) is 33.8. The van der Waals surface area contributed by atoms with E-state index in [2.05, 4.69) is 5.32 Å². The van der Waals surface area contributed by atoms with Gasteiger partial charge in [0.15, 0.2) is 12.1 Å². The monoisotopic (exact) mass is 1530 g/mol. The van der Waals surface area contributed by atoms with Gasteiger partial charge < -0.3 is 87.9 Å². The number of amides is 9. The number of carbonyl (C=O) groups excluding carboxylic acids is 10. The molecule has 0 aliphatic carbocycles. The van der Waals surface area contributed by atoms with Crippen LogP contribution in [0.2, 0.25) is 0 Å². The Bertz CT molecular complexity index is 3220. The van der Waals surface area contributed by atoms with E-state index in [4.69, 9.17) is 35.2 Å². The molecule has 0 radical (unpaired) electrons. The standard InChI is InChI=1S/C29H36N2O6.C15H25N3O5.C15H24N2O6.C10H17N3O3.CH4.CH3.Pd/c1-21(35-18-22-12-7-5-8-13-22)24(25(32)36-19-23-14-9-6-10-15-23)30-20-29(26(30)33)16-11-17-31(29)27(34)37-28(2,3)4;1-9(19)10(11(16)20)17-8-15(12(17)21)6-5-7-18(15)13(22)23-14(2,3)4;1-9(18)10(11(19)20)16-8-15(12(16)21)6-5-7-17(15)13(22)23-14(2,3)4;1-6(14)7(8(11)15)13-5-10(9(13)16)3-2-4-12-10;;;/h5-10,12-15,21,24H,11,16-20H2,1-4H3;9-10,19H,5-8H2,1-4H3,(H2,16,20);9-10,18H,5-8H2,1-4H3,(H,19,20);6-7,12,14H,2-5H2,1H3,(H2,11,15);1H4;1H3;/q;;;;;-1;/p+1/t21-,24+,29?;2*9-,10+,15?;6-,7+,10?;;;/m1111.../s1. The third-order valence-electron chi connectivity index (χ3n) is 18.8. The minimum absolute atomic E-state index is 0. The number of nitrogens with two attached hydrogens (primary N) is 2. The maximum Gasteiger partial charge on any atom is 1.00 e. The summed E-state index contributed by atoms with van der Waals surface area (Å²) >= 11 is 0. The first-order chi connectivity index (χ1) is 46.1. The predicted molar refractivity (Wildman–Crippen MR) is 369 cm³/mol. The minimum Gasteiger partial charge on any atom is -0.480 e. The number of β-lactam (4-membered cyclic amide) rings is 4. The van der Waals surface area contributed by atoms with Crippen LogP contribution in [0.5, 0.6) is 0 Å². The van der Waals surface area contributed by atoms with E-state index in [1.807, 2.05) is 60.7 Å². The summed E-state index contributed by atoms with van der Waals surface area (Å²) in [5, 5.41) is 41.1. The van der Waals surface area contributed by atoms with Gasteiger partial charge in [-0.25, -0.2) is 24.0 Å². The zero-order valence-corrected chi connectivity index (χ0v) is 62.1. The Morgan fingerprint density at radius 3 is 1.14 bits per heavy atom. The number of primary amides is 2. The summed E-state index contributed by atoms with van der Waals surface area (Å²) in [6.45, 7) is 25.4. The average molecular weight is 1530 g/mol. The zero-order valence-electron chi connectivity index (χ0n) is 61.5. The van der Waals surface area contributed by atoms with Crippen molar-refractivity contribution in [2.75, 3.05) is 52.4 Å². The number of nitrogens with zero attached hydrogens (tertiary/aromatic N) is 7. The minimum atomic E-state index is -1.30. The third-order valence-corrected chi connectivity index (χ3v) is 18.8. The number of hydrogen-bond acceptors (Lipinski definition) is 20. The molecule has 8 aliphatic heterocycles. The molecular weight excluding hydrogens is 1420 g/mol. The molecule has 2 aromatic rings. The number of likely N-dealkylation sites (tertiary alicyclic amines) is 7. The van der Waals surface area contributed by atoms with Crippen LogP contribution in [0.3, 0.4) is 0 Å². The van der Waals surface area contributed by atoms with Crippen LogP contribution in [0.1, 0.15) is 161 Å². The topological polar surface area (TPSA) is 402 Å². The third kappa shape index (κ3) is 19.1. The van der Waals surface area contributed by atoms with Crippen molar-refractivity contribution < 1.29 is 119 Å². The number of benzene rings is 2. The van der Waals surface area contributed by atoms with Crippen molar-refractivity contribution >= 4 is 65.7 Å². The molecule has 0 saturated carbocycles. The van der Waals surface area contributed by atoms with Gasteiger partial charge in [0.2, 0.25) is 17.7 Å². The quantitative estimate of drug-likeness (QED) is 0.0387. The van der Waals surface area contributed by atoms with Crippen LogP contribution in [-0.2, 0) is 95.7 Å². The van der Waals surface area contributed by atoms with Gasteiger partial charge in [0.25, 0.3) is 17.7 Å². The summed E-state index contributed by atoms with van der Waals surface area (Å²) in [5.41, 5.74) is 6.83. The number of ether oxygens (including phenoxy) is 5. The predicted octanol–water partition coefficient (Wildman–Crippen LogP) is 3.96. The molecule has 102 heavy (non-hydrogen) atoms. The van der Waals surface area contributed by atoms with Gasteiger partial charge in [-0.15, -0.1) is 0 Å². The van der Waals surface area contributed by atoms with Crippen molar-refractivity contribution in [3.63, 3.8) is 0 Å². The fraction of sp³-hybridized carbons (Fsp3) is 0.662. The van der Waals surface area contributed by atoms with Crippen molar-refractivity contribution in [2.45, 2.75) is 250 Å². The molecule has 31 heteroatoms. The maximum absolute atomic E-state index is 13.7. The molecule has 30 nitrogen and oxygen atoms in total. The van der Waals surface area contributed by atoms with Gasteiger partial charge in [0.1, 0.15) is 57.6 Å². The van der Waals surface area contributed by atoms with E-state index in [1.165, 1.54) is 50.2 Å². The second kappa shape index (κ2) is 34.4. The Hall–Kier alpha value is -7.53. The van der Waals surface area contributed by atoms with Crippen LogP contribution >= 0.6 is 0 Å². The second-order valence-corrected chi connectivity index (χ2v) is 29.9. The summed E-state index contributed by atoms with van der Waals surface area (Å²) in [5.74, 6) is -4.39. The molecule has 2 aromatic carbocycles. The van der Waals surface area contributed by atoms with Crippen LogP contribution in [0.4, 0.5) is 14.4 Å². The van der Waals surface area contributed by atoms with Gasteiger partial charge in [-0.2, -0.15) is 0 Å². The number of aliphatic hydroxyl groups excluding tert-OH is 3. The van der Waals surface area contributed by atoms with E-state index in [0.717, 1.165) is 35.4 Å². The number of aliphatic hydroxyl groups is 3. The van der Waals surface area contributed by atoms with Crippen molar-refractivity contribution in [1.82, 2.24) is 39.6 Å². The number of hydrogen-bond donors (Lipinski definition) is 7. The van der Waals surface area contributed by atoms with Crippen molar-refractivity contribution in [3.05, 3.63) is 79.2 Å². The smallest absolute Gasteiger partial charge is 0.480 e. The van der Waals surface area contributed by atoms with E-state index >= 15 is 0 Å². The second-order valence-electron chi connectivity index (χ2n) is 29.9. The molecule has 9 N–H and O–H groups in total. The van der Waals surface area contributed by atoms with E-state index in [9.17, 15) is 73.2 Å². The Kier molecular flexibility index (Phi) is 29.3. The molecule has 8 saturated heterocycles. The van der Waals surface area contributed by atoms with E-state index in [0.29, 0.717) is 71.3 Å².